The molecule has 3 atom stereocenters. The van der Waals surface area contributed by atoms with E-state index in [1.165, 1.54) is 6.07 Å². The molecule has 0 aliphatic heterocycles. The molecule has 0 bridgehead atoms. The number of aromatic hydroxyl groups is 1. The Morgan fingerprint density at radius 1 is 1.19 bits per heavy atom. The van der Waals surface area contributed by atoms with E-state index in [-0.39, 0.29) is 17.7 Å². The van der Waals surface area contributed by atoms with Crippen molar-refractivity contribution in [2.45, 2.75) is 44.5 Å². The van der Waals surface area contributed by atoms with Gasteiger partial charge in [0.25, 0.3) is 0 Å². The number of phenolic OH excluding ortho intramolecular Hbond substituents is 1. The maximum Gasteiger partial charge on any atom is 0.396 e. The largest absolute Gasteiger partial charge is 0.505 e. The zero-order valence-corrected chi connectivity index (χ0v) is 17.3. The van der Waals surface area contributed by atoms with Gasteiger partial charge in [-0.3, -0.25) is 4.98 Å². The van der Waals surface area contributed by atoms with Crippen molar-refractivity contribution < 1.29 is 32.2 Å². The van der Waals surface area contributed by atoms with Crippen LogP contribution in [0.1, 0.15) is 42.5 Å². The zero-order valence-electron chi connectivity index (χ0n) is 17.3. The SMILES string of the molecule is CC[C@@H]1C[C@@H](C(F)(F)F)[C@@](O)(Nc2cccc3nc(C)ccc23)c2cc(F)c(F)c(O)c21. The van der Waals surface area contributed by atoms with Crippen molar-refractivity contribution in [3.05, 3.63) is 64.9 Å². The third-order valence-corrected chi connectivity index (χ3v) is 6.16. The molecule has 1 aliphatic carbocycles. The smallest absolute Gasteiger partial charge is 0.396 e. The Bertz CT molecular complexity index is 1200. The normalized spacial score (nSPS) is 23.2. The molecule has 1 aromatic heterocycles. The van der Waals surface area contributed by atoms with E-state index in [9.17, 15) is 32.2 Å². The van der Waals surface area contributed by atoms with Gasteiger partial charge in [0.15, 0.2) is 17.3 Å². The van der Waals surface area contributed by atoms with Crippen LogP contribution in [0.3, 0.4) is 0 Å². The second kappa shape index (κ2) is 7.58. The van der Waals surface area contributed by atoms with Crippen LogP contribution < -0.4 is 5.32 Å². The van der Waals surface area contributed by atoms with E-state index in [1.807, 2.05) is 0 Å². The van der Waals surface area contributed by atoms with E-state index in [4.69, 9.17) is 0 Å². The lowest BCUT2D eigenvalue weighted by atomic mass is 9.69. The fraction of sp³-hybridized carbons (Fsp3) is 0.348. The van der Waals surface area contributed by atoms with E-state index in [0.29, 0.717) is 22.7 Å². The highest BCUT2D eigenvalue weighted by molar-refractivity contribution is 5.91. The molecule has 170 valence electrons. The fourth-order valence-corrected chi connectivity index (χ4v) is 4.58. The van der Waals surface area contributed by atoms with Crippen molar-refractivity contribution in [1.29, 1.82) is 0 Å². The first-order valence-corrected chi connectivity index (χ1v) is 10.1. The van der Waals surface area contributed by atoms with Gasteiger partial charge in [0.2, 0.25) is 5.82 Å². The van der Waals surface area contributed by atoms with Gasteiger partial charge < -0.3 is 15.5 Å². The van der Waals surface area contributed by atoms with Crippen LogP contribution in [0.4, 0.5) is 27.6 Å². The molecule has 32 heavy (non-hydrogen) atoms. The first-order chi connectivity index (χ1) is 15.0. The lowest BCUT2D eigenvalue weighted by Crippen LogP contribution is -2.53. The van der Waals surface area contributed by atoms with Crippen molar-refractivity contribution in [2.75, 3.05) is 5.32 Å². The monoisotopic (exact) mass is 452 g/mol. The van der Waals surface area contributed by atoms with Crippen molar-refractivity contribution in [1.82, 2.24) is 4.98 Å². The lowest BCUT2D eigenvalue weighted by Gasteiger charge is -2.46. The summed E-state index contributed by atoms with van der Waals surface area (Å²) in [6, 6.07) is 8.54. The zero-order chi connectivity index (χ0) is 23.4. The van der Waals surface area contributed by atoms with Crippen molar-refractivity contribution in [3.8, 4) is 5.75 Å². The number of halogens is 5. The Labute approximate surface area is 180 Å². The highest BCUT2D eigenvalue weighted by Crippen LogP contribution is 2.55. The maximum absolute atomic E-state index is 14.2. The summed E-state index contributed by atoms with van der Waals surface area (Å²) in [6.45, 7) is 3.34. The molecule has 0 fully saturated rings. The summed E-state index contributed by atoms with van der Waals surface area (Å²) < 4.78 is 70.8. The van der Waals surface area contributed by atoms with E-state index < -0.39 is 53.1 Å². The van der Waals surface area contributed by atoms with Crippen LogP contribution >= 0.6 is 0 Å². The van der Waals surface area contributed by atoms with E-state index in [0.717, 1.165) is 0 Å². The van der Waals surface area contributed by atoms with E-state index in [1.54, 1.807) is 38.1 Å². The van der Waals surface area contributed by atoms with Gasteiger partial charge in [-0.15, -0.1) is 0 Å². The Morgan fingerprint density at radius 2 is 1.91 bits per heavy atom. The molecule has 0 radical (unpaired) electrons. The van der Waals surface area contributed by atoms with E-state index in [2.05, 4.69) is 10.3 Å². The van der Waals surface area contributed by atoms with Crippen LogP contribution in [0, 0.1) is 24.5 Å². The van der Waals surface area contributed by atoms with Crippen molar-refractivity contribution in [3.63, 3.8) is 0 Å². The number of nitrogens with zero attached hydrogens (tertiary/aromatic N) is 1. The van der Waals surface area contributed by atoms with Gasteiger partial charge in [0, 0.05) is 27.9 Å². The fourth-order valence-electron chi connectivity index (χ4n) is 4.58. The average Bonchev–Trinajstić information content (AvgIpc) is 2.72. The number of hydrogen-bond acceptors (Lipinski definition) is 4. The summed E-state index contributed by atoms with van der Waals surface area (Å²) in [5.41, 5.74) is -2.31. The summed E-state index contributed by atoms with van der Waals surface area (Å²) in [5, 5.41) is 24.7. The number of pyridine rings is 1. The van der Waals surface area contributed by atoms with Crippen molar-refractivity contribution in [2.24, 2.45) is 5.92 Å². The molecule has 4 rings (SSSR count). The first kappa shape index (κ1) is 22.3. The van der Waals surface area contributed by atoms with Crippen LogP contribution in [0.2, 0.25) is 0 Å². The van der Waals surface area contributed by atoms with Crippen LogP contribution in [0.15, 0.2) is 36.4 Å². The average molecular weight is 452 g/mol. The third-order valence-electron chi connectivity index (χ3n) is 6.16. The minimum absolute atomic E-state index is 0.131. The summed E-state index contributed by atoms with van der Waals surface area (Å²) >= 11 is 0. The highest BCUT2D eigenvalue weighted by Gasteiger charge is 2.59. The molecule has 1 aliphatic rings. The molecular formula is C23H21F5N2O2. The predicted octanol–water partition coefficient (Wildman–Crippen LogP) is 5.86. The topological polar surface area (TPSA) is 65.4 Å². The molecule has 3 aromatic rings. The first-order valence-electron chi connectivity index (χ1n) is 10.1. The summed E-state index contributed by atoms with van der Waals surface area (Å²) in [4.78, 5) is 4.34. The molecule has 0 amide bonds. The standard InChI is InChI=1S/C23H21F5N2O2/c1-3-12-9-18(23(26,27)28)22(32,14-10-15(24)20(25)21(31)19(12)14)30-17-6-4-5-16-13(17)8-7-11(2)29-16/h4-8,10,12,18,30-32H,3,9H2,1-2H3/t12-,18-,22-/m1/s1. The number of fused-ring (bicyclic) bond motifs is 2. The number of aromatic nitrogens is 1. The number of hydrogen-bond donors (Lipinski definition) is 3. The number of alkyl halides is 3. The number of nitrogens with one attached hydrogen (secondary N) is 1. The van der Waals surface area contributed by atoms with Crippen LogP contribution in [0.5, 0.6) is 5.75 Å². The number of phenols is 1. The van der Waals surface area contributed by atoms with Crippen LogP contribution in [0.25, 0.3) is 10.9 Å². The van der Waals surface area contributed by atoms with E-state index >= 15 is 0 Å². The molecule has 4 nitrogen and oxygen atoms in total. The molecule has 3 N–H and O–H groups in total. The number of anilines is 1. The van der Waals surface area contributed by atoms with Crippen LogP contribution in [-0.4, -0.2) is 21.4 Å². The Hall–Kier alpha value is -2.94. The minimum atomic E-state index is -4.87. The molecule has 0 saturated heterocycles. The number of aryl methyl sites for hydroxylation is 1. The van der Waals surface area contributed by atoms with Gasteiger partial charge in [-0.25, -0.2) is 4.39 Å². The Balaban J connectivity index is 1.98. The van der Waals surface area contributed by atoms with Gasteiger partial charge in [0.1, 0.15) is 5.92 Å². The van der Waals surface area contributed by atoms with Gasteiger partial charge in [-0.1, -0.05) is 13.0 Å². The molecule has 1 heterocycles. The quantitative estimate of drug-likeness (QED) is 0.344. The lowest BCUT2D eigenvalue weighted by molar-refractivity contribution is -0.230. The number of aliphatic hydroxyl groups is 1. The van der Waals surface area contributed by atoms with Crippen molar-refractivity contribution >= 4 is 16.6 Å². The second-order valence-corrected chi connectivity index (χ2v) is 8.13. The Morgan fingerprint density at radius 3 is 2.56 bits per heavy atom. The molecule has 2 aromatic carbocycles. The second-order valence-electron chi connectivity index (χ2n) is 8.13. The molecule has 0 unspecified atom stereocenters. The summed E-state index contributed by atoms with van der Waals surface area (Å²) in [7, 11) is 0. The minimum Gasteiger partial charge on any atom is -0.505 e. The molecule has 0 spiro atoms. The van der Waals surface area contributed by atoms with Gasteiger partial charge in [-0.2, -0.15) is 17.6 Å². The number of benzene rings is 2. The predicted molar refractivity (Wildman–Crippen MR) is 109 cm³/mol. The third kappa shape index (κ3) is 3.44. The molecule has 0 saturated carbocycles. The molecule has 9 heteroatoms. The summed E-state index contributed by atoms with van der Waals surface area (Å²) in [6.07, 6.45) is -5.35. The summed E-state index contributed by atoms with van der Waals surface area (Å²) in [5.74, 6) is -7.45. The van der Waals surface area contributed by atoms with Gasteiger partial charge >= 0.3 is 6.18 Å². The van der Waals surface area contributed by atoms with Crippen LogP contribution in [-0.2, 0) is 5.72 Å². The molecular weight excluding hydrogens is 431 g/mol. The van der Waals surface area contributed by atoms with Gasteiger partial charge in [-0.05, 0) is 56.0 Å². The maximum atomic E-state index is 14.2. The highest BCUT2D eigenvalue weighted by atomic mass is 19.4. The van der Waals surface area contributed by atoms with Gasteiger partial charge in [0.05, 0.1) is 5.52 Å². The Kier molecular flexibility index (Phi) is 5.27. The number of rotatable bonds is 3.